The first kappa shape index (κ1) is 27.4. The summed E-state index contributed by atoms with van der Waals surface area (Å²) in [5.74, 6) is -0.260. The Morgan fingerprint density at radius 1 is 0.500 bits per heavy atom. The van der Waals surface area contributed by atoms with Gasteiger partial charge >= 0.3 is 0 Å². The van der Waals surface area contributed by atoms with Crippen LogP contribution in [0.2, 0.25) is 0 Å². The van der Waals surface area contributed by atoms with Gasteiger partial charge in [0, 0.05) is 6.42 Å². The molecule has 28 heavy (non-hydrogen) atoms. The molecular formula is C24H50N2O2. The van der Waals surface area contributed by atoms with Crippen molar-refractivity contribution in [1.29, 1.82) is 0 Å². The smallest absolute Gasteiger partial charge is 0.243 e. The predicted octanol–water partition coefficient (Wildman–Crippen LogP) is 7.03. The van der Waals surface area contributed by atoms with Gasteiger partial charge in [0.05, 0.1) is 0 Å². The first-order valence-corrected chi connectivity index (χ1v) is 12.4. The standard InChI is InChI=1S/C24H50N2O2/c25-23-21-19-17-15-13-11-9-7-5-3-1-2-4-6-8-10-12-14-16-18-20-22-24(27)26-28/h28H,1-23,25H2,(H,26,27). The van der Waals surface area contributed by atoms with E-state index in [1.807, 2.05) is 0 Å². The van der Waals surface area contributed by atoms with Crippen LogP contribution >= 0.6 is 0 Å². The fourth-order valence-electron chi connectivity index (χ4n) is 3.84. The van der Waals surface area contributed by atoms with Gasteiger partial charge in [-0.2, -0.15) is 0 Å². The fourth-order valence-corrected chi connectivity index (χ4v) is 3.84. The Morgan fingerprint density at radius 3 is 1.00 bits per heavy atom. The van der Waals surface area contributed by atoms with Crippen LogP contribution in [-0.4, -0.2) is 17.7 Å². The van der Waals surface area contributed by atoms with Gasteiger partial charge in [0.15, 0.2) is 0 Å². The highest BCUT2D eigenvalue weighted by Gasteiger charge is 1.98. The number of carbonyl (C=O) groups excluding carboxylic acids is 1. The third-order valence-electron chi connectivity index (χ3n) is 5.73. The molecule has 0 aliphatic carbocycles. The van der Waals surface area contributed by atoms with Gasteiger partial charge in [0.25, 0.3) is 0 Å². The maximum absolute atomic E-state index is 10.9. The van der Waals surface area contributed by atoms with E-state index in [-0.39, 0.29) is 5.91 Å². The van der Waals surface area contributed by atoms with Gasteiger partial charge in [0.1, 0.15) is 0 Å². The number of amides is 1. The lowest BCUT2D eigenvalue weighted by Gasteiger charge is -2.04. The zero-order valence-corrected chi connectivity index (χ0v) is 18.7. The van der Waals surface area contributed by atoms with Crippen molar-refractivity contribution < 1.29 is 10.0 Å². The van der Waals surface area contributed by atoms with Gasteiger partial charge in [0.2, 0.25) is 5.91 Å². The zero-order valence-electron chi connectivity index (χ0n) is 18.7. The van der Waals surface area contributed by atoms with Crippen LogP contribution in [0.5, 0.6) is 0 Å². The molecule has 0 bridgehead atoms. The van der Waals surface area contributed by atoms with Crippen molar-refractivity contribution in [2.75, 3.05) is 6.54 Å². The van der Waals surface area contributed by atoms with Crippen molar-refractivity contribution in [3.05, 3.63) is 0 Å². The monoisotopic (exact) mass is 398 g/mol. The molecular weight excluding hydrogens is 348 g/mol. The molecule has 0 aromatic heterocycles. The minimum Gasteiger partial charge on any atom is -0.330 e. The molecule has 0 unspecified atom stereocenters. The average molecular weight is 399 g/mol. The van der Waals surface area contributed by atoms with Gasteiger partial charge < -0.3 is 5.73 Å². The van der Waals surface area contributed by atoms with E-state index in [1.54, 1.807) is 5.48 Å². The molecule has 0 saturated heterocycles. The molecule has 0 radical (unpaired) electrons. The number of nitrogens with two attached hydrogens (primary N) is 1. The molecule has 4 N–H and O–H groups in total. The second-order valence-electron chi connectivity index (χ2n) is 8.50. The zero-order chi connectivity index (χ0) is 20.5. The van der Waals surface area contributed by atoms with Gasteiger partial charge in [-0.25, -0.2) is 5.48 Å². The van der Waals surface area contributed by atoms with E-state index in [4.69, 9.17) is 10.9 Å². The first-order valence-electron chi connectivity index (χ1n) is 12.4. The summed E-state index contributed by atoms with van der Waals surface area (Å²) >= 11 is 0. The minimum atomic E-state index is -0.260. The van der Waals surface area contributed by atoms with Crippen molar-refractivity contribution in [2.24, 2.45) is 5.73 Å². The number of unbranched alkanes of at least 4 members (excludes halogenated alkanes) is 20. The van der Waals surface area contributed by atoms with Crippen LogP contribution in [0.4, 0.5) is 0 Å². The normalized spacial score (nSPS) is 11.1. The Balaban J connectivity index is 3.00. The molecule has 4 nitrogen and oxygen atoms in total. The molecule has 0 fully saturated rings. The van der Waals surface area contributed by atoms with Crippen molar-refractivity contribution >= 4 is 5.91 Å². The lowest BCUT2D eigenvalue weighted by Crippen LogP contribution is -2.17. The number of rotatable bonds is 23. The molecule has 1 amide bonds. The molecule has 0 spiro atoms. The largest absolute Gasteiger partial charge is 0.330 e. The number of carbonyl (C=O) groups is 1. The van der Waals surface area contributed by atoms with Crippen LogP contribution in [0, 0.1) is 0 Å². The summed E-state index contributed by atoms with van der Waals surface area (Å²) in [7, 11) is 0. The lowest BCUT2D eigenvalue weighted by molar-refractivity contribution is -0.129. The van der Waals surface area contributed by atoms with Gasteiger partial charge in [-0.3, -0.25) is 10.0 Å². The first-order chi connectivity index (χ1) is 13.8. The van der Waals surface area contributed by atoms with Crippen LogP contribution < -0.4 is 11.2 Å². The Kier molecular flexibility index (Phi) is 23.9. The second-order valence-corrected chi connectivity index (χ2v) is 8.50. The third-order valence-corrected chi connectivity index (χ3v) is 5.73. The SMILES string of the molecule is NCCCCCCCCCCCCCCCCCCCCCCCC(=O)NO. The molecule has 0 aromatic carbocycles. The van der Waals surface area contributed by atoms with Crippen LogP contribution in [0.3, 0.4) is 0 Å². The maximum Gasteiger partial charge on any atom is 0.243 e. The number of hydrogen-bond acceptors (Lipinski definition) is 3. The summed E-state index contributed by atoms with van der Waals surface area (Å²) in [5.41, 5.74) is 7.20. The summed E-state index contributed by atoms with van der Waals surface area (Å²) in [6.45, 7) is 0.858. The third kappa shape index (κ3) is 23.4. The molecule has 0 rings (SSSR count). The molecule has 0 aromatic rings. The van der Waals surface area contributed by atoms with E-state index in [9.17, 15) is 4.79 Å². The van der Waals surface area contributed by atoms with E-state index in [0.717, 1.165) is 19.4 Å². The number of hydroxylamine groups is 1. The lowest BCUT2D eigenvalue weighted by atomic mass is 10.0. The van der Waals surface area contributed by atoms with Crippen molar-refractivity contribution in [3.8, 4) is 0 Å². The van der Waals surface area contributed by atoms with E-state index in [1.165, 1.54) is 122 Å². The molecule has 4 heteroatoms. The molecule has 0 saturated carbocycles. The van der Waals surface area contributed by atoms with E-state index in [2.05, 4.69) is 0 Å². The van der Waals surface area contributed by atoms with Crippen molar-refractivity contribution in [2.45, 2.75) is 141 Å². The van der Waals surface area contributed by atoms with Crippen molar-refractivity contribution in [1.82, 2.24) is 5.48 Å². The highest BCUT2D eigenvalue weighted by Crippen LogP contribution is 2.15. The van der Waals surface area contributed by atoms with E-state index in [0.29, 0.717) is 6.42 Å². The van der Waals surface area contributed by atoms with Gasteiger partial charge in [-0.05, 0) is 19.4 Å². The van der Waals surface area contributed by atoms with Crippen LogP contribution in [0.1, 0.15) is 141 Å². The second kappa shape index (κ2) is 24.4. The molecule has 0 aliphatic heterocycles. The summed E-state index contributed by atoms with van der Waals surface area (Å²) in [6.07, 6.45) is 28.6. The van der Waals surface area contributed by atoms with E-state index < -0.39 is 0 Å². The fraction of sp³-hybridized carbons (Fsp3) is 0.958. The highest BCUT2D eigenvalue weighted by molar-refractivity contribution is 5.74. The summed E-state index contributed by atoms with van der Waals surface area (Å²) in [5, 5.41) is 8.40. The van der Waals surface area contributed by atoms with Crippen LogP contribution in [0.25, 0.3) is 0 Å². The molecule has 0 heterocycles. The van der Waals surface area contributed by atoms with Gasteiger partial charge in [-0.1, -0.05) is 122 Å². The van der Waals surface area contributed by atoms with Gasteiger partial charge in [-0.15, -0.1) is 0 Å². The number of hydrogen-bond donors (Lipinski definition) is 3. The van der Waals surface area contributed by atoms with E-state index >= 15 is 0 Å². The molecule has 168 valence electrons. The molecule has 0 aliphatic rings. The Bertz CT molecular complexity index is 311. The number of nitrogens with one attached hydrogen (secondary N) is 1. The van der Waals surface area contributed by atoms with Crippen molar-refractivity contribution in [3.63, 3.8) is 0 Å². The van der Waals surface area contributed by atoms with Crippen LogP contribution in [0.15, 0.2) is 0 Å². The topological polar surface area (TPSA) is 75.4 Å². The summed E-state index contributed by atoms with van der Waals surface area (Å²) in [6, 6.07) is 0. The summed E-state index contributed by atoms with van der Waals surface area (Å²) < 4.78 is 0. The highest BCUT2D eigenvalue weighted by atomic mass is 16.5. The Labute approximate surface area is 175 Å². The summed E-state index contributed by atoms with van der Waals surface area (Å²) in [4.78, 5) is 10.9. The predicted molar refractivity (Wildman–Crippen MR) is 121 cm³/mol. The Hall–Kier alpha value is -0.610. The van der Waals surface area contributed by atoms with Crippen LogP contribution in [-0.2, 0) is 4.79 Å². The Morgan fingerprint density at radius 2 is 0.750 bits per heavy atom. The molecule has 0 atom stereocenters. The average Bonchev–Trinajstić information content (AvgIpc) is 2.71. The quantitative estimate of drug-likeness (QED) is 0.0982. The maximum atomic E-state index is 10.9. The minimum absolute atomic E-state index is 0.260.